The average Bonchev–Trinajstić information content (AvgIpc) is 3.03. The van der Waals surface area contributed by atoms with E-state index in [1.54, 1.807) is 12.1 Å². The van der Waals surface area contributed by atoms with Gasteiger partial charge in [-0.15, -0.1) is 0 Å². The van der Waals surface area contributed by atoms with E-state index in [0.717, 1.165) is 16.7 Å². The van der Waals surface area contributed by atoms with Crippen molar-refractivity contribution in [1.29, 1.82) is 0 Å². The van der Waals surface area contributed by atoms with Gasteiger partial charge in [0.05, 0.1) is 12.7 Å². The Morgan fingerprint density at radius 1 is 1.28 bits per heavy atom. The maximum Gasteiger partial charge on any atom is 0.267 e. The molecule has 0 aliphatic heterocycles. The number of aromatic nitrogens is 1. The van der Waals surface area contributed by atoms with Gasteiger partial charge in [0.15, 0.2) is 0 Å². The SMILES string of the molecule is CCOc1ccc2cc(C(=O)NCC(O)c3cccc(F)c3)[nH]c2c1. The molecule has 6 heteroatoms. The molecule has 0 radical (unpaired) electrons. The van der Waals surface area contributed by atoms with Crippen LogP contribution in [0.1, 0.15) is 29.1 Å². The van der Waals surface area contributed by atoms with Crippen molar-refractivity contribution in [3.05, 3.63) is 65.6 Å². The summed E-state index contributed by atoms with van der Waals surface area (Å²) in [6.07, 6.45) is -0.978. The van der Waals surface area contributed by atoms with Crippen LogP contribution >= 0.6 is 0 Å². The number of aliphatic hydroxyl groups excluding tert-OH is 1. The molecule has 0 saturated heterocycles. The first-order valence-electron chi connectivity index (χ1n) is 8.04. The van der Waals surface area contributed by atoms with Crippen molar-refractivity contribution in [2.75, 3.05) is 13.2 Å². The molecule has 2 aromatic carbocycles. The second kappa shape index (κ2) is 7.36. The lowest BCUT2D eigenvalue weighted by molar-refractivity contribution is 0.0912. The maximum absolute atomic E-state index is 13.2. The number of amides is 1. The quantitative estimate of drug-likeness (QED) is 0.644. The summed E-state index contributed by atoms with van der Waals surface area (Å²) in [6.45, 7) is 2.46. The molecule has 130 valence electrons. The molecule has 1 amide bonds. The minimum Gasteiger partial charge on any atom is -0.494 e. The van der Waals surface area contributed by atoms with Crippen molar-refractivity contribution >= 4 is 16.8 Å². The average molecular weight is 342 g/mol. The predicted octanol–water partition coefficient (Wildman–Crippen LogP) is 3.17. The predicted molar refractivity (Wildman–Crippen MR) is 93.2 cm³/mol. The number of hydrogen-bond acceptors (Lipinski definition) is 3. The summed E-state index contributed by atoms with van der Waals surface area (Å²) in [5.41, 5.74) is 1.59. The third-order valence-electron chi connectivity index (χ3n) is 3.84. The molecular weight excluding hydrogens is 323 g/mol. The second-order valence-electron chi connectivity index (χ2n) is 5.65. The van der Waals surface area contributed by atoms with Gasteiger partial charge in [-0.25, -0.2) is 4.39 Å². The molecule has 1 aromatic heterocycles. The largest absolute Gasteiger partial charge is 0.494 e. The van der Waals surface area contributed by atoms with E-state index in [1.807, 2.05) is 25.1 Å². The van der Waals surface area contributed by atoms with Gasteiger partial charge in [-0.05, 0) is 42.8 Å². The standard InChI is InChI=1S/C19H19FN2O3/c1-2-25-15-7-6-12-9-17(22-16(12)10-15)19(24)21-11-18(23)13-4-3-5-14(20)8-13/h3-10,18,22-23H,2,11H2,1H3,(H,21,24). The molecule has 1 unspecified atom stereocenters. The van der Waals surface area contributed by atoms with Gasteiger partial charge in [0.25, 0.3) is 5.91 Å². The first kappa shape index (κ1) is 17.0. The van der Waals surface area contributed by atoms with E-state index in [4.69, 9.17) is 4.74 Å². The van der Waals surface area contributed by atoms with Gasteiger partial charge < -0.3 is 20.1 Å². The smallest absolute Gasteiger partial charge is 0.267 e. The van der Waals surface area contributed by atoms with Crippen LogP contribution in [0.3, 0.4) is 0 Å². The van der Waals surface area contributed by atoms with E-state index >= 15 is 0 Å². The Bertz CT molecular complexity index is 891. The van der Waals surface area contributed by atoms with E-state index in [1.165, 1.54) is 18.2 Å². The minimum absolute atomic E-state index is 0.0121. The third-order valence-corrected chi connectivity index (χ3v) is 3.84. The van der Waals surface area contributed by atoms with Gasteiger partial charge in [-0.2, -0.15) is 0 Å². The molecule has 1 atom stereocenters. The van der Waals surface area contributed by atoms with Crippen LogP contribution in [0.2, 0.25) is 0 Å². The summed E-state index contributed by atoms with van der Waals surface area (Å²) >= 11 is 0. The highest BCUT2D eigenvalue weighted by atomic mass is 19.1. The fourth-order valence-electron chi connectivity index (χ4n) is 2.60. The van der Waals surface area contributed by atoms with Crippen LogP contribution in [-0.2, 0) is 0 Å². The van der Waals surface area contributed by atoms with Crippen LogP contribution in [0.25, 0.3) is 10.9 Å². The van der Waals surface area contributed by atoms with Crippen LogP contribution < -0.4 is 10.1 Å². The van der Waals surface area contributed by atoms with Crippen LogP contribution in [-0.4, -0.2) is 29.1 Å². The van der Waals surface area contributed by atoms with E-state index in [9.17, 15) is 14.3 Å². The first-order valence-corrected chi connectivity index (χ1v) is 8.04. The summed E-state index contributed by atoms with van der Waals surface area (Å²) < 4.78 is 18.6. The zero-order valence-corrected chi connectivity index (χ0v) is 13.8. The summed E-state index contributed by atoms with van der Waals surface area (Å²) in [5.74, 6) is -0.0430. The zero-order valence-electron chi connectivity index (χ0n) is 13.8. The van der Waals surface area contributed by atoms with Gasteiger partial charge >= 0.3 is 0 Å². The van der Waals surface area contributed by atoms with Crippen molar-refractivity contribution in [3.8, 4) is 5.75 Å². The molecule has 3 N–H and O–H groups in total. The van der Waals surface area contributed by atoms with Gasteiger partial charge in [0.2, 0.25) is 0 Å². The fourth-order valence-corrected chi connectivity index (χ4v) is 2.60. The second-order valence-corrected chi connectivity index (χ2v) is 5.65. The van der Waals surface area contributed by atoms with Crippen LogP contribution in [0, 0.1) is 5.82 Å². The molecule has 0 fully saturated rings. The van der Waals surface area contributed by atoms with Gasteiger partial charge in [0, 0.05) is 23.5 Å². The lowest BCUT2D eigenvalue weighted by Crippen LogP contribution is -2.28. The van der Waals surface area contributed by atoms with Crippen molar-refractivity contribution in [3.63, 3.8) is 0 Å². The highest BCUT2D eigenvalue weighted by Gasteiger charge is 2.13. The normalized spacial score (nSPS) is 12.1. The molecule has 5 nitrogen and oxygen atoms in total. The van der Waals surface area contributed by atoms with Crippen molar-refractivity contribution in [2.24, 2.45) is 0 Å². The third kappa shape index (κ3) is 3.97. The Kier molecular flexibility index (Phi) is 5.00. The molecule has 0 saturated carbocycles. The molecule has 0 bridgehead atoms. The van der Waals surface area contributed by atoms with Crippen LogP contribution in [0.4, 0.5) is 4.39 Å². The van der Waals surface area contributed by atoms with E-state index in [2.05, 4.69) is 10.3 Å². The first-order chi connectivity index (χ1) is 12.1. The Morgan fingerprint density at radius 3 is 2.88 bits per heavy atom. The summed E-state index contributed by atoms with van der Waals surface area (Å²) in [5, 5.41) is 13.6. The molecule has 0 spiro atoms. The topological polar surface area (TPSA) is 74.3 Å². The van der Waals surface area contributed by atoms with Gasteiger partial charge in [-0.1, -0.05) is 12.1 Å². The Balaban J connectivity index is 1.67. The number of aromatic amines is 1. The molecule has 3 rings (SSSR count). The molecule has 1 heterocycles. The van der Waals surface area contributed by atoms with Gasteiger partial charge in [0.1, 0.15) is 17.3 Å². The number of hydrogen-bond donors (Lipinski definition) is 3. The van der Waals surface area contributed by atoms with Crippen LogP contribution in [0.15, 0.2) is 48.5 Å². The lowest BCUT2D eigenvalue weighted by Gasteiger charge is -2.11. The monoisotopic (exact) mass is 342 g/mol. The lowest BCUT2D eigenvalue weighted by atomic mass is 10.1. The number of carbonyl (C=O) groups is 1. The number of H-pyrrole nitrogens is 1. The summed E-state index contributed by atoms with van der Waals surface area (Å²) in [4.78, 5) is 15.3. The Labute approximate surface area is 144 Å². The van der Waals surface area contributed by atoms with Crippen molar-refractivity contribution < 1.29 is 19.0 Å². The Hall–Kier alpha value is -2.86. The van der Waals surface area contributed by atoms with Gasteiger partial charge in [-0.3, -0.25) is 4.79 Å². The highest BCUT2D eigenvalue weighted by molar-refractivity contribution is 5.98. The van der Waals surface area contributed by atoms with E-state index in [0.29, 0.717) is 17.9 Å². The molecular formula is C19H19FN2O3. The van der Waals surface area contributed by atoms with E-state index in [-0.39, 0.29) is 12.5 Å². The zero-order chi connectivity index (χ0) is 17.8. The highest BCUT2D eigenvalue weighted by Crippen LogP contribution is 2.21. The van der Waals surface area contributed by atoms with Crippen molar-refractivity contribution in [2.45, 2.75) is 13.0 Å². The molecule has 3 aromatic rings. The molecule has 25 heavy (non-hydrogen) atoms. The maximum atomic E-state index is 13.2. The number of carbonyl (C=O) groups excluding carboxylic acids is 1. The minimum atomic E-state index is -0.978. The molecule has 0 aliphatic rings. The summed E-state index contributed by atoms with van der Waals surface area (Å²) in [6, 6.07) is 12.9. The van der Waals surface area contributed by atoms with Crippen molar-refractivity contribution in [1.82, 2.24) is 10.3 Å². The number of benzene rings is 2. The number of fused-ring (bicyclic) bond motifs is 1. The molecule has 0 aliphatic carbocycles. The van der Waals surface area contributed by atoms with E-state index < -0.39 is 11.9 Å². The number of ether oxygens (including phenoxy) is 1. The number of aliphatic hydroxyl groups is 1. The van der Waals surface area contributed by atoms with Crippen LogP contribution in [0.5, 0.6) is 5.75 Å². The number of halogens is 1. The summed E-state index contributed by atoms with van der Waals surface area (Å²) in [7, 11) is 0. The number of nitrogens with one attached hydrogen (secondary N) is 2. The Morgan fingerprint density at radius 2 is 2.12 bits per heavy atom. The number of rotatable bonds is 6. The fraction of sp³-hybridized carbons (Fsp3) is 0.211.